The normalized spacial score (nSPS) is 17.6. The quantitative estimate of drug-likeness (QED) is 0.474. The van der Waals surface area contributed by atoms with Crippen LogP contribution in [0.15, 0.2) is 46.8 Å². The van der Waals surface area contributed by atoms with Crippen LogP contribution in [0, 0.1) is 10.1 Å². The zero-order valence-electron chi connectivity index (χ0n) is 14.8. The van der Waals surface area contributed by atoms with Crippen LogP contribution < -0.4 is 0 Å². The standard InChI is InChI=1S/C18H20N2O5/c1-10-15(12(3)21)17(13-7-6-8-14(9-13)20(23)24)16(18(22)25-5)11(2)19(10)4/h6-9,17H,1-5H3. The number of Topliss-reactive ketones (excluding diaryl/α,β-unsaturated/α-hetero) is 1. The van der Waals surface area contributed by atoms with Gasteiger partial charge in [-0.05, 0) is 26.3 Å². The first-order chi connectivity index (χ1) is 11.7. The van der Waals surface area contributed by atoms with Crippen LogP contribution in [-0.2, 0) is 14.3 Å². The number of ketones is 1. The van der Waals surface area contributed by atoms with Crippen molar-refractivity contribution in [2.45, 2.75) is 26.7 Å². The van der Waals surface area contributed by atoms with Crippen LogP contribution in [-0.4, -0.2) is 35.7 Å². The number of ether oxygens (including phenoxy) is 1. The fraction of sp³-hybridized carbons (Fsp3) is 0.333. The second-order valence-corrected chi connectivity index (χ2v) is 5.89. The summed E-state index contributed by atoms with van der Waals surface area (Å²) in [5, 5.41) is 11.1. The molecule has 1 aliphatic rings. The smallest absolute Gasteiger partial charge is 0.336 e. The summed E-state index contributed by atoms with van der Waals surface area (Å²) in [6, 6.07) is 5.98. The van der Waals surface area contributed by atoms with Crippen molar-refractivity contribution in [2.24, 2.45) is 0 Å². The number of hydrogen-bond acceptors (Lipinski definition) is 6. The lowest BCUT2D eigenvalue weighted by atomic mass is 9.78. The Labute approximate surface area is 145 Å². The molecule has 0 radical (unpaired) electrons. The van der Waals surface area contributed by atoms with Crippen LogP contribution in [0.1, 0.15) is 32.3 Å². The van der Waals surface area contributed by atoms with Crippen LogP contribution in [0.4, 0.5) is 5.69 Å². The number of carbonyl (C=O) groups excluding carboxylic acids is 2. The lowest BCUT2D eigenvalue weighted by Crippen LogP contribution is -2.32. The Balaban J connectivity index is 2.78. The maximum atomic E-state index is 12.4. The molecule has 0 aromatic heterocycles. The number of rotatable bonds is 4. The first-order valence-electron chi connectivity index (χ1n) is 7.69. The third-order valence-electron chi connectivity index (χ3n) is 4.56. The minimum Gasteiger partial charge on any atom is -0.466 e. The van der Waals surface area contributed by atoms with E-state index in [-0.39, 0.29) is 11.5 Å². The van der Waals surface area contributed by atoms with E-state index < -0.39 is 16.8 Å². The topological polar surface area (TPSA) is 89.8 Å². The van der Waals surface area contributed by atoms with Crippen molar-refractivity contribution in [3.63, 3.8) is 0 Å². The van der Waals surface area contributed by atoms with Gasteiger partial charge < -0.3 is 9.64 Å². The van der Waals surface area contributed by atoms with Gasteiger partial charge in [-0.25, -0.2) is 4.79 Å². The van der Waals surface area contributed by atoms with Crippen molar-refractivity contribution in [1.29, 1.82) is 0 Å². The number of nitro groups is 1. The number of carbonyl (C=O) groups is 2. The predicted octanol–water partition coefficient (Wildman–Crippen LogP) is 2.93. The Kier molecular flexibility index (Phi) is 5.06. The minimum absolute atomic E-state index is 0.0983. The molecular formula is C18H20N2O5. The summed E-state index contributed by atoms with van der Waals surface area (Å²) < 4.78 is 4.91. The fourth-order valence-corrected chi connectivity index (χ4v) is 3.16. The van der Waals surface area contributed by atoms with E-state index in [0.717, 1.165) is 0 Å². The zero-order valence-corrected chi connectivity index (χ0v) is 14.8. The number of nitro benzene ring substituents is 1. The molecule has 2 rings (SSSR count). The highest BCUT2D eigenvalue weighted by Crippen LogP contribution is 2.42. The number of benzene rings is 1. The lowest BCUT2D eigenvalue weighted by molar-refractivity contribution is -0.384. The molecule has 0 N–H and O–H groups in total. The fourth-order valence-electron chi connectivity index (χ4n) is 3.16. The van der Waals surface area contributed by atoms with E-state index in [4.69, 9.17) is 4.74 Å². The first-order valence-corrected chi connectivity index (χ1v) is 7.69. The third kappa shape index (κ3) is 3.17. The summed E-state index contributed by atoms with van der Waals surface area (Å²) in [6.45, 7) is 4.97. The molecule has 7 nitrogen and oxygen atoms in total. The van der Waals surface area contributed by atoms with Crippen LogP contribution in [0.3, 0.4) is 0 Å². The molecule has 1 aliphatic heterocycles. The highest BCUT2D eigenvalue weighted by atomic mass is 16.6. The SMILES string of the molecule is COC(=O)C1=C(C)N(C)C(C)=C(C(C)=O)C1c1cccc([N+](=O)[O-])c1. The molecule has 0 amide bonds. The second kappa shape index (κ2) is 6.88. The average Bonchev–Trinajstić information content (AvgIpc) is 2.58. The summed E-state index contributed by atoms with van der Waals surface area (Å²) in [7, 11) is 3.03. The molecule has 0 saturated heterocycles. The Morgan fingerprint density at radius 2 is 1.80 bits per heavy atom. The van der Waals surface area contributed by atoms with Crippen molar-refractivity contribution in [3.05, 3.63) is 62.5 Å². The maximum Gasteiger partial charge on any atom is 0.336 e. The maximum absolute atomic E-state index is 12.4. The van der Waals surface area contributed by atoms with E-state index in [0.29, 0.717) is 28.1 Å². The largest absolute Gasteiger partial charge is 0.466 e. The lowest BCUT2D eigenvalue weighted by Gasteiger charge is -2.35. The second-order valence-electron chi connectivity index (χ2n) is 5.89. The van der Waals surface area contributed by atoms with Gasteiger partial charge in [-0.15, -0.1) is 0 Å². The Morgan fingerprint density at radius 1 is 1.20 bits per heavy atom. The predicted molar refractivity (Wildman–Crippen MR) is 91.7 cm³/mol. The number of nitrogens with zero attached hydrogens (tertiary/aromatic N) is 2. The van der Waals surface area contributed by atoms with Crippen molar-refractivity contribution in [3.8, 4) is 0 Å². The Hall–Kier alpha value is -2.96. The van der Waals surface area contributed by atoms with Gasteiger partial charge in [0.1, 0.15) is 0 Å². The zero-order chi connectivity index (χ0) is 18.9. The van der Waals surface area contributed by atoms with Gasteiger partial charge in [-0.3, -0.25) is 14.9 Å². The molecule has 1 unspecified atom stereocenters. The molecule has 1 aromatic rings. The molecule has 25 heavy (non-hydrogen) atoms. The molecule has 132 valence electrons. The van der Waals surface area contributed by atoms with E-state index in [1.807, 2.05) is 0 Å². The molecular weight excluding hydrogens is 324 g/mol. The molecule has 0 aliphatic carbocycles. The summed E-state index contributed by atoms with van der Waals surface area (Å²) in [5.74, 6) is -1.47. The van der Waals surface area contributed by atoms with Crippen molar-refractivity contribution in [1.82, 2.24) is 4.90 Å². The molecule has 7 heteroatoms. The molecule has 1 atom stereocenters. The monoisotopic (exact) mass is 344 g/mol. The highest BCUT2D eigenvalue weighted by molar-refractivity contribution is 6.02. The summed E-state index contributed by atoms with van der Waals surface area (Å²) >= 11 is 0. The number of allylic oxidation sites excluding steroid dienone is 3. The number of non-ortho nitro benzene ring substituents is 1. The van der Waals surface area contributed by atoms with E-state index >= 15 is 0 Å². The highest BCUT2D eigenvalue weighted by Gasteiger charge is 2.37. The number of esters is 1. The number of hydrogen-bond donors (Lipinski definition) is 0. The van der Waals surface area contributed by atoms with E-state index in [2.05, 4.69) is 0 Å². The number of methoxy groups -OCH3 is 1. The van der Waals surface area contributed by atoms with E-state index in [1.165, 1.54) is 26.2 Å². The Morgan fingerprint density at radius 3 is 2.32 bits per heavy atom. The van der Waals surface area contributed by atoms with Crippen LogP contribution in [0.2, 0.25) is 0 Å². The van der Waals surface area contributed by atoms with Crippen molar-refractivity contribution in [2.75, 3.05) is 14.2 Å². The van der Waals surface area contributed by atoms with Gasteiger partial charge in [0.05, 0.1) is 17.6 Å². The Bertz CT molecular complexity index is 823. The summed E-state index contributed by atoms with van der Waals surface area (Å²) in [5.41, 5.74) is 2.49. The molecule has 0 saturated carbocycles. The molecule has 0 spiro atoms. The summed E-state index contributed by atoms with van der Waals surface area (Å²) in [4.78, 5) is 37.1. The van der Waals surface area contributed by atoms with Gasteiger partial charge in [0.15, 0.2) is 5.78 Å². The molecule has 1 heterocycles. The van der Waals surface area contributed by atoms with Gasteiger partial charge in [-0.2, -0.15) is 0 Å². The molecule has 0 fully saturated rings. The average molecular weight is 344 g/mol. The van der Waals surface area contributed by atoms with Gasteiger partial charge in [0.25, 0.3) is 5.69 Å². The van der Waals surface area contributed by atoms with Gasteiger partial charge in [0.2, 0.25) is 0 Å². The van der Waals surface area contributed by atoms with Crippen molar-refractivity contribution < 1.29 is 19.2 Å². The van der Waals surface area contributed by atoms with Crippen LogP contribution >= 0.6 is 0 Å². The van der Waals surface area contributed by atoms with Gasteiger partial charge in [-0.1, -0.05) is 12.1 Å². The van der Waals surface area contributed by atoms with Gasteiger partial charge >= 0.3 is 5.97 Å². The first kappa shape index (κ1) is 18.4. The molecule has 0 bridgehead atoms. The van der Waals surface area contributed by atoms with Crippen LogP contribution in [0.5, 0.6) is 0 Å². The van der Waals surface area contributed by atoms with E-state index in [1.54, 1.807) is 37.9 Å². The minimum atomic E-state index is -0.707. The summed E-state index contributed by atoms with van der Waals surface area (Å²) in [6.07, 6.45) is 0. The van der Waals surface area contributed by atoms with Crippen LogP contribution in [0.25, 0.3) is 0 Å². The molecule has 1 aromatic carbocycles. The van der Waals surface area contributed by atoms with Gasteiger partial charge in [0, 0.05) is 42.1 Å². The third-order valence-corrected chi connectivity index (χ3v) is 4.56. The van der Waals surface area contributed by atoms with Crippen molar-refractivity contribution >= 4 is 17.4 Å². The van der Waals surface area contributed by atoms with E-state index in [9.17, 15) is 19.7 Å².